The Morgan fingerprint density at radius 3 is 2.88 bits per heavy atom. The van der Waals surface area contributed by atoms with Crippen LogP contribution in [0.4, 0.5) is 0 Å². The number of aliphatic hydroxyl groups excluding tert-OH is 1. The molecular weight excluding hydrogens is 232 g/mol. The predicted molar refractivity (Wildman–Crippen MR) is 72.6 cm³/mol. The van der Waals surface area contributed by atoms with Crippen molar-refractivity contribution in [3.63, 3.8) is 0 Å². The lowest BCUT2D eigenvalue weighted by Gasteiger charge is -2.17. The minimum atomic E-state index is -0.340. The maximum atomic E-state index is 10.1. The molecule has 2 atom stereocenters. The highest BCUT2D eigenvalue weighted by Crippen LogP contribution is 2.27. The van der Waals surface area contributed by atoms with Crippen LogP contribution in [-0.4, -0.2) is 24.9 Å². The number of hydrogen-bond acceptors (Lipinski definition) is 3. The summed E-state index contributed by atoms with van der Waals surface area (Å²) in [5, 5.41) is 13.5. The summed E-state index contributed by atoms with van der Waals surface area (Å²) in [5.74, 6) is 0.165. The topological polar surface area (TPSA) is 29.5 Å². The molecule has 0 saturated carbocycles. The summed E-state index contributed by atoms with van der Waals surface area (Å²) in [6.45, 7) is 2.62. The molecule has 2 rings (SSSR count). The molecule has 2 aromatic rings. The monoisotopic (exact) mass is 250 g/mol. The van der Waals surface area contributed by atoms with E-state index in [4.69, 9.17) is 4.74 Å². The van der Waals surface area contributed by atoms with Gasteiger partial charge in [0.1, 0.15) is 0 Å². The highest BCUT2D eigenvalue weighted by molar-refractivity contribution is 7.17. The molecule has 1 aromatic carbocycles. The Labute approximate surface area is 106 Å². The van der Waals surface area contributed by atoms with E-state index in [1.807, 2.05) is 19.1 Å². The summed E-state index contributed by atoms with van der Waals surface area (Å²) in [6, 6.07) is 8.33. The summed E-state index contributed by atoms with van der Waals surface area (Å²) in [6.07, 6.45) is 0.363. The number of methoxy groups -OCH3 is 1. The molecule has 1 heterocycles. The number of benzene rings is 1. The third-order valence-electron chi connectivity index (χ3n) is 3.08. The number of ether oxygens (including phenoxy) is 1. The molecule has 0 amide bonds. The molecule has 2 unspecified atom stereocenters. The van der Waals surface area contributed by atoms with Gasteiger partial charge in [0, 0.05) is 24.1 Å². The van der Waals surface area contributed by atoms with Gasteiger partial charge in [0.25, 0.3) is 0 Å². The Morgan fingerprint density at radius 2 is 2.12 bits per heavy atom. The van der Waals surface area contributed by atoms with Crippen molar-refractivity contribution in [2.24, 2.45) is 5.92 Å². The third-order valence-corrected chi connectivity index (χ3v) is 4.09. The predicted octanol–water partition coefficient (Wildman–Crippen LogP) is 3.09. The third kappa shape index (κ3) is 2.86. The molecule has 0 spiro atoms. The zero-order valence-corrected chi connectivity index (χ0v) is 11.0. The van der Waals surface area contributed by atoms with Crippen LogP contribution < -0.4 is 0 Å². The van der Waals surface area contributed by atoms with Crippen LogP contribution in [0.5, 0.6) is 0 Å². The van der Waals surface area contributed by atoms with E-state index in [1.165, 1.54) is 15.6 Å². The van der Waals surface area contributed by atoms with Crippen molar-refractivity contribution < 1.29 is 9.84 Å². The van der Waals surface area contributed by atoms with Crippen LogP contribution >= 0.6 is 11.3 Å². The number of rotatable bonds is 5. The average molecular weight is 250 g/mol. The molecule has 0 aliphatic heterocycles. The van der Waals surface area contributed by atoms with Crippen LogP contribution in [0.15, 0.2) is 29.6 Å². The summed E-state index contributed by atoms with van der Waals surface area (Å²) >= 11 is 1.74. The smallest absolute Gasteiger partial charge is 0.0628 e. The second-order valence-electron chi connectivity index (χ2n) is 4.46. The maximum Gasteiger partial charge on any atom is 0.0628 e. The van der Waals surface area contributed by atoms with Crippen LogP contribution in [0.25, 0.3) is 10.1 Å². The van der Waals surface area contributed by atoms with Crippen molar-refractivity contribution in [1.29, 1.82) is 0 Å². The fourth-order valence-electron chi connectivity index (χ4n) is 1.99. The molecule has 0 bridgehead atoms. The van der Waals surface area contributed by atoms with Crippen LogP contribution in [0.1, 0.15) is 12.5 Å². The first-order valence-corrected chi connectivity index (χ1v) is 6.72. The molecule has 17 heavy (non-hydrogen) atoms. The van der Waals surface area contributed by atoms with Gasteiger partial charge in [-0.3, -0.25) is 0 Å². The molecule has 0 fully saturated rings. The zero-order chi connectivity index (χ0) is 12.3. The first-order valence-electron chi connectivity index (χ1n) is 5.84. The molecule has 2 nitrogen and oxygen atoms in total. The molecule has 0 aliphatic rings. The van der Waals surface area contributed by atoms with Gasteiger partial charge in [-0.25, -0.2) is 0 Å². The lowest BCUT2D eigenvalue weighted by atomic mass is 9.98. The van der Waals surface area contributed by atoms with Crippen LogP contribution in [-0.2, 0) is 11.2 Å². The minimum Gasteiger partial charge on any atom is -0.392 e. The van der Waals surface area contributed by atoms with Gasteiger partial charge in [-0.15, -0.1) is 11.3 Å². The van der Waals surface area contributed by atoms with Gasteiger partial charge in [-0.1, -0.05) is 25.1 Å². The van der Waals surface area contributed by atoms with E-state index in [0.717, 1.165) is 0 Å². The van der Waals surface area contributed by atoms with Gasteiger partial charge in [-0.05, 0) is 22.4 Å². The summed E-state index contributed by atoms with van der Waals surface area (Å²) in [7, 11) is 1.67. The average Bonchev–Trinajstić information content (AvgIpc) is 2.73. The van der Waals surface area contributed by atoms with Crippen LogP contribution in [0.2, 0.25) is 0 Å². The highest BCUT2D eigenvalue weighted by Gasteiger charge is 2.16. The van der Waals surface area contributed by atoms with E-state index in [2.05, 4.69) is 17.5 Å². The molecule has 1 N–H and O–H groups in total. The van der Waals surface area contributed by atoms with E-state index in [-0.39, 0.29) is 12.0 Å². The van der Waals surface area contributed by atoms with E-state index in [1.54, 1.807) is 18.4 Å². The van der Waals surface area contributed by atoms with Crippen molar-refractivity contribution in [2.75, 3.05) is 13.7 Å². The van der Waals surface area contributed by atoms with Crippen molar-refractivity contribution in [1.82, 2.24) is 0 Å². The van der Waals surface area contributed by atoms with Crippen molar-refractivity contribution in [2.45, 2.75) is 19.4 Å². The first kappa shape index (κ1) is 12.6. The lowest BCUT2D eigenvalue weighted by molar-refractivity contribution is 0.0577. The second kappa shape index (κ2) is 5.63. The van der Waals surface area contributed by atoms with Gasteiger partial charge in [0.2, 0.25) is 0 Å². The summed E-state index contributed by atoms with van der Waals surface area (Å²) in [5.41, 5.74) is 1.24. The van der Waals surface area contributed by atoms with Crippen LogP contribution in [0, 0.1) is 5.92 Å². The molecule has 0 saturated heterocycles. The molecule has 0 radical (unpaired) electrons. The Bertz CT molecular complexity index is 478. The molecule has 0 aliphatic carbocycles. The minimum absolute atomic E-state index is 0.165. The second-order valence-corrected chi connectivity index (χ2v) is 5.37. The number of aliphatic hydroxyl groups is 1. The Balaban J connectivity index is 2.13. The van der Waals surface area contributed by atoms with E-state index in [9.17, 15) is 5.11 Å². The fraction of sp³-hybridized carbons (Fsp3) is 0.429. The number of thiophene rings is 1. The van der Waals surface area contributed by atoms with Gasteiger partial charge in [-0.2, -0.15) is 0 Å². The molecular formula is C14H18O2S. The van der Waals surface area contributed by atoms with Crippen LogP contribution in [0.3, 0.4) is 0 Å². The first-order chi connectivity index (χ1) is 8.22. The number of hydrogen-bond donors (Lipinski definition) is 1. The SMILES string of the molecule is COCC(C)C(O)Cc1csc2ccccc12. The standard InChI is InChI=1S/C14H18O2S/c1-10(8-16-2)13(15)7-11-9-17-14-6-4-3-5-12(11)14/h3-6,9-10,13,15H,7-8H2,1-2H3. The normalized spacial score (nSPS) is 15.0. The molecule has 3 heteroatoms. The van der Waals surface area contributed by atoms with Gasteiger partial charge >= 0.3 is 0 Å². The van der Waals surface area contributed by atoms with E-state index < -0.39 is 0 Å². The maximum absolute atomic E-state index is 10.1. The van der Waals surface area contributed by atoms with Gasteiger partial charge in [0.05, 0.1) is 12.7 Å². The van der Waals surface area contributed by atoms with Gasteiger partial charge in [0.15, 0.2) is 0 Å². The lowest BCUT2D eigenvalue weighted by Crippen LogP contribution is -2.23. The quantitative estimate of drug-likeness (QED) is 0.883. The van der Waals surface area contributed by atoms with Gasteiger partial charge < -0.3 is 9.84 Å². The molecule has 1 aromatic heterocycles. The Morgan fingerprint density at radius 1 is 1.35 bits per heavy atom. The highest BCUT2D eigenvalue weighted by atomic mass is 32.1. The number of fused-ring (bicyclic) bond motifs is 1. The zero-order valence-electron chi connectivity index (χ0n) is 10.2. The fourth-order valence-corrected chi connectivity index (χ4v) is 2.97. The Kier molecular flexibility index (Phi) is 4.15. The van der Waals surface area contributed by atoms with E-state index >= 15 is 0 Å². The van der Waals surface area contributed by atoms with Crippen molar-refractivity contribution >= 4 is 21.4 Å². The molecule has 92 valence electrons. The largest absolute Gasteiger partial charge is 0.392 e. The summed E-state index contributed by atoms with van der Waals surface area (Å²) in [4.78, 5) is 0. The van der Waals surface area contributed by atoms with Crippen molar-refractivity contribution in [3.8, 4) is 0 Å². The van der Waals surface area contributed by atoms with Crippen molar-refractivity contribution in [3.05, 3.63) is 35.2 Å². The summed E-state index contributed by atoms with van der Waals surface area (Å²) < 4.78 is 6.36. The Hall–Kier alpha value is -0.900. The van der Waals surface area contributed by atoms with E-state index in [0.29, 0.717) is 13.0 Å².